The van der Waals surface area contributed by atoms with E-state index in [1.807, 2.05) is 37.3 Å². The highest BCUT2D eigenvalue weighted by atomic mass is 16.5. The first kappa shape index (κ1) is 13.1. The number of benzene rings is 1. The lowest BCUT2D eigenvalue weighted by Gasteiger charge is -2.38. The molecule has 2 aromatic rings. The molecule has 2 atom stereocenters. The van der Waals surface area contributed by atoms with Gasteiger partial charge in [-0.05, 0) is 26.0 Å². The Labute approximate surface area is 118 Å². The molecule has 0 spiro atoms. The van der Waals surface area contributed by atoms with Crippen molar-refractivity contribution in [3.05, 3.63) is 35.9 Å². The number of carbonyl (C=O) groups excluding carboxylic acids is 1. The molecule has 104 valence electrons. The van der Waals surface area contributed by atoms with Gasteiger partial charge in [-0.2, -0.15) is 0 Å². The molecule has 0 aliphatic carbocycles. The molecule has 0 N–H and O–H groups in total. The maximum atomic E-state index is 11.4. The third kappa shape index (κ3) is 2.27. The number of anilines is 1. The molecule has 0 amide bonds. The fourth-order valence-electron chi connectivity index (χ4n) is 2.64. The molecular weight excluding hydrogens is 252 g/mol. The van der Waals surface area contributed by atoms with Crippen molar-refractivity contribution in [1.82, 2.24) is 4.98 Å². The number of aldehydes is 1. The van der Waals surface area contributed by atoms with Crippen LogP contribution in [-0.4, -0.2) is 36.6 Å². The Balaban J connectivity index is 2.11. The summed E-state index contributed by atoms with van der Waals surface area (Å²) in [4.78, 5) is 18.3. The lowest BCUT2D eigenvalue weighted by molar-refractivity contribution is 0.0340. The Hall–Kier alpha value is -1.94. The van der Waals surface area contributed by atoms with Gasteiger partial charge in [-0.3, -0.25) is 4.79 Å². The zero-order valence-corrected chi connectivity index (χ0v) is 11.7. The van der Waals surface area contributed by atoms with Crippen molar-refractivity contribution in [2.75, 3.05) is 18.1 Å². The highest BCUT2D eigenvalue weighted by Crippen LogP contribution is 2.26. The molecule has 20 heavy (non-hydrogen) atoms. The molecule has 1 aliphatic heterocycles. The van der Waals surface area contributed by atoms with Gasteiger partial charge in [-0.15, -0.1) is 0 Å². The Morgan fingerprint density at radius 2 is 2.15 bits per heavy atom. The summed E-state index contributed by atoms with van der Waals surface area (Å²) in [6.07, 6.45) is 1.04. The maximum Gasteiger partial charge on any atom is 0.153 e. The van der Waals surface area contributed by atoms with Gasteiger partial charge in [0.2, 0.25) is 0 Å². The van der Waals surface area contributed by atoms with Crippen LogP contribution in [0.25, 0.3) is 10.9 Å². The van der Waals surface area contributed by atoms with E-state index in [2.05, 4.69) is 11.8 Å². The zero-order chi connectivity index (χ0) is 14.1. The fraction of sp³-hybridized carbons (Fsp3) is 0.375. The number of fused-ring (bicyclic) bond motifs is 1. The van der Waals surface area contributed by atoms with E-state index in [0.29, 0.717) is 12.2 Å². The number of aromatic nitrogens is 1. The second kappa shape index (κ2) is 5.21. The van der Waals surface area contributed by atoms with E-state index in [1.165, 1.54) is 0 Å². The van der Waals surface area contributed by atoms with Crippen LogP contribution in [0, 0.1) is 0 Å². The van der Waals surface area contributed by atoms with Gasteiger partial charge < -0.3 is 9.64 Å². The monoisotopic (exact) mass is 270 g/mol. The van der Waals surface area contributed by atoms with Gasteiger partial charge >= 0.3 is 0 Å². The van der Waals surface area contributed by atoms with Gasteiger partial charge in [0.15, 0.2) is 6.29 Å². The number of para-hydroxylation sites is 1. The Bertz CT molecular complexity index is 641. The SMILES string of the molecule is CC1CN(c2nc3ccccc3cc2C=O)C(C)CO1. The van der Waals surface area contributed by atoms with E-state index in [-0.39, 0.29) is 12.1 Å². The smallest absolute Gasteiger partial charge is 0.153 e. The minimum Gasteiger partial charge on any atom is -0.375 e. The average molecular weight is 270 g/mol. The highest BCUT2D eigenvalue weighted by molar-refractivity contribution is 5.91. The first-order valence-electron chi connectivity index (χ1n) is 6.92. The summed E-state index contributed by atoms with van der Waals surface area (Å²) in [7, 11) is 0. The van der Waals surface area contributed by atoms with Crippen LogP contribution in [0.5, 0.6) is 0 Å². The first-order chi connectivity index (χ1) is 9.69. The number of ether oxygens (including phenoxy) is 1. The lowest BCUT2D eigenvalue weighted by Crippen LogP contribution is -2.48. The molecular formula is C16H18N2O2. The normalized spacial score (nSPS) is 23.0. The summed E-state index contributed by atoms with van der Waals surface area (Å²) in [5.41, 5.74) is 1.56. The largest absolute Gasteiger partial charge is 0.375 e. The van der Waals surface area contributed by atoms with E-state index >= 15 is 0 Å². The van der Waals surface area contributed by atoms with E-state index in [4.69, 9.17) is 9.72 Å². The van der Waals surface area contributed by atoms with Crippen molar-refractivity contribution < 1.29 is 9.53 Å². The minimum absolute atomic E-state index is 0.152. The summed E-state index contributed by atoms with van der Waals surface area (Å²) in [6.45, 7) is 5.55. The van der Waals surface area contributed by atoms with Crippen molar-refractivity contribution in [2.45, 2.75) is 26.0 Å². The molecule has 2 heterocycles. The molecule has 1 aliphatic rings. The summed E-state index contributed by atoms with van der Waals surface area (Å²) in [5.74, 6) is 0.765. The van der Waals surface area contributed by atoms with Crippen LogP contribution in [-0.2, 0) is 4.74 Å². The molecule has 2 unspecified atom stereocenters. The summed E-state index contributed by atoms with van der Waals surface area (Å²) in [5, 5.41) is 0.993. The predicted octanol–water partition coefficient (Wildman–Crippen LogP) is 2.66. The van der Waals surface area contributed by atoms with Gasteiger partial charge in [-0.1, -0.05) is 18.2 Å². The Kier molecular flexibility index (Phi) is 3.40. The Morgan fingerprint density at radius 1 is 1.35 bits per heavy atom. The lowest BCUT2D eigenvalue weighted by atomic mass is 10.1. The van der Waals surface area contributed by atoms with Crippen molar-refractivity contribution in [3.8, 4) is 0 Å². The molecule has 1 aromatic carbocycles. The minimum atomic E-state index is 0.152. The van der Waals surface area contributed by atoms with E-state index in [0.717, 1.165) is 29.6 Å². The van der Waals surface area contributed by atoms with Crippen molar-refractivity contribution in [1.29, 1.82) is 0 Å². The molecule has 0 saturated carbocycles. The van der Waals surface area contributed by atoms with Gasteiger partial charge in [0.25, 0.3) is 0 Å². The van der Waals surface area contributed by atoms with Crippen LogP contribution < -0.4 is 4.90 Å². The van der Waals surface area contributed by atoms with E-state index in [9.17, 15) is 4.79 Å². The summed E-state index contributed by atoms with van der Waals surface area (Å²) >= 11 is 0. The fourth-order valence-corrected chi connectivity index (χ4v) is 2.64. The van der Waals surface area contributed by atoms with Crippen LogP contribution in [0.2, 0.25) is 0 Å². The third-order valence-electron chi connectivity index (χ3n) is 3.74. The number of nitrogens with zero attached hydrogens (tertiary/aromatic N) is 2. The molecule has 1 fully saturated rings. The molecule has 0 bridgehead atoms. The number of rotatable bonds is 2. The number of hydrogen-bond acceptors (Lipinski definition) is 4. The van der Waals surface area contributed by atoms with Gasteiger partial charge in [0.05, 0.1) is 29.8 Å². The number of pyridine rings is 1. The predicted molar refractivity (Wildman–Crippen MR) is 79.4 cm³/mol. The Morgan fingerprint density at radius 3 is 2.95 bits per heavy atom. The van der Waals surface area contributed by atoms with Crippen molar-refractivity contribution in [3.63, 3.8) is 0 Å². The quantitative estimate of drug-likeness (QED) is 0.787. The van der Waals surface area contributed by atoms with Gasteiger partial charge in [0.1, 0.15) is 5.82 Å². The maximum absolute atomic E-state index is 11.4. The van der Waals surface area contributed by atoms with Crippen molar-refractivity contribution in [2.24, 2.45) is 0 Å². The molecule has 4 nitrogen and oxygen atoms in total. The second-order valence-corrected chi connectivity index (χ2v) is 5.36. The molecule has 1 saturated heterocycles. The second-order valence-electron chi connectivity index (χ2n) is 5.36. The number of carbonyl (C=O) groups is 1. The average Bonchev–Trinajstić information content (AvgIpc) is 2.48. The van der Waals surface area contributed by atoms with E-state index < -0.39 is 0 Å². The zero-order valence-electron chi connectivity index (χ0n) is 11.7. The summed E-state index contributed by atoms with van der Waals surface area (Å²) < 4.78 is 5.65. The third-order valence-corrected chi connectivity index (χ3v) is 3.74. The van der Waals surface area contributed by atoms with E-state index in [1.54, 1.807) is 0 Å². The number of morpholine rings is 1. The molecule has 4 heteroatoms. The standard InChI is InChI=1S/C16H18N2O2/c1-11-10-20-12(2)8-18(11)16-14(9-19)7-13-5-3-4-6-15(13)17-16/h3-7,9,11-12H,8,10H2,1-2H3. The van der Waals surface area contributed by atoms with Gasteiger partial charge in [-0.25, -0.2) is 4.98 Å². The van der Waals surface area contributed by atoms with Crippen LogP contribution in [0.3, 0.4) is 0 Å². The highest BCUT2D eigenvalue weighted by Gasteiger charge is 2.26. The van der Waals surface area contributed by atoms with Crippen LogP contribution in [0.4, 0.5) is 5.82 Å². The first-order valence-corrected chi connectivity index (χ1v) is 6.92. The van der Waals surface area contributed by atoms with Crippen LogP contribution in [0.15, 0.2) is 30.3 Å². The van der Waals surface area contributed by atoms with Crippen LogP contribution >= 0.6 is 0 Å². The van der Waals surface area contributed by atoms with Crippen molar-refractivity contribution >= 4 is 23.0 Å². The van der Waals surface area contributed by atoms with Gasteiger partial charge in [0, 0.05) is 11.9 Å². The van der Waals surface area contributed by atoms with Crippen LogP contribution in [0.1, 0.15) is 24.2 Å². The summed E-state index contributed by atoms with van der Waals surface area (Å²) in [6, 6.07) is 10.0. The molecule has 0 radical (unpaired) electrons. The number of hydrogen-bond donors (Lipinski definition) is 0. The molecule has 1 aromatic heterocycles. The topological polar surface area (TPSA) is 42.4 Å². The molecule has 3 rings (SSSR count).